The number of guanidine groups is 1. The van der Waals surface area contributed by atoms with E-state index < -0.39 is 10.0 Å². The van der Waals surface area contributed by atoms with Crippen molar-refractivity contribution in [3.8, 4) is 0 Å². The number of thioether (sulfide) groups is 1. The molecule has 1 atom stereocenters. The SMILES string of the molecule is CN=C(NC[C@H]1CCCN1S(C)(=O)=O)N1CCSC(C)(C)C1.I. The van der Waals surface area contributed by atoms with Crippen molar-refractivity contribution in [2.24, 2.45) is 4.99 Å². The Morgan fingerprint density at radius 3 is 2.65 bits per heavy atom. The van der Waals surface area contributed by atoms with E-state index in [9.17, 15) is 8.42 Å². The summed E-state index contributed by atoms with van der Waals surface area (Å²) >= 11 is 1.99. The first-order chi connectivity index (χ1) is 10.2. The highest BCUT2D eigenvalue weighted by Gasteiger charge is 2.32. The Labute approximate surface area is 161 Å². The summed E-state index contributed by atoms with van der Waals surface area (Å²) in [5, 5.41) is 3.38. The van der Waals surface area contributed by atoms with E-state index in [1.165, 1.54) is 6.26 Å². The third-order valence-electron chi connectivity index (χ3n) is 4.18. The summed E-state index contributed by atoms with van der Waals surface area (Å²) in [6.45, 7) is 7.70. The van der Waals surface area contributed by atoms with E-state index in [0.29, 0.717) is 13.1 Å². The molecule has 0 aliphatic carbocycles. The van der Waals surface area contributed by atoms with Crippen LogP contribution in [0.1, 0.15) is 26.7 Å². The molecule has 9 heteroatoms. The van der Waals surface area contributed by atoms with Gasteiger partial charge in [-0.05, 0) is 26.7 Å². The third kappa shape index (κ3) is 5.93. The van der Waals surface area contributed by atoms with Gasteiger partial charge in [-0.3, -0.25) is 4.99 Å². The van der Waals surface area contributed by atoms with E-state index in [4.69, 9.17) is 0 Å². The quantitative estimate of drug-likeness (QED) is 0.380. The fraction of sp³-hybridized carbons (Fsp3) is 0.929. The highest BCUT2D eigenvalue weighted by atomic mass is 127. The van der Waals surface area contributed by atoms with Crippen molar-refractivity contribution in [3.05, 3.63) is 0 Å². The summed E-state index contributed by atoms with van der Waals surface area (Å²) in [5.74, 6) is 1.97. The molecule has 2 aliphatic rings. The standard InChI is InChI=1S/C14H28N4O2S2.HI/c1-14(2)11-17(8-9-21-14)13(15-3)16-10-12-6-5-7-18(12)22(4,19)20;/h12H,5-11H2,1-4H3,(H,15,16);1H/t12-;/m1./s1. The Kier molecular flexibility index (Phi) is 7.94. The molecule has 0 aromatic rings. The second kappa shape index (κ2) is 8.57. The van der Waals surface area contributed by atoms with Gasteiger partial charge in [0, 0.05) is 49.8 Å². The molecule has 0 saturated carbocycles. The van der Waals surface area contributed by atoms with E-state index in [1.54, 1.807) is 11.4 Å². The maximum absolute atomic E-state index is 11.8. The first kappa shape index (κ1) is 21.3. The van der Waals surface area contributed by atoms with Gasteiger partial charge in [0.25, 0.3) is 0 Å². The van der Waals surface area contributed by atoms with E-state index in [0.717, 1.165) is 37.6 Å². The molecule has 23 heavy (non-hydrogen) atoms. The summed E-state index contributed by atoms with van der Waals surface area (Å²) in [5.41, 5.74) is 0. The Bertz CT molecular complexity index is 525. The van der Waals surface area contributed by atoms with Crippen LogP contribution in [0.2, 0.25) is 0 Å². The maximum Gasteiger partial charge on any atom is 0.211 e. The first-order valence-corrected chi connectivity index (χ1v) is 10.6. The molecule has 2 aliphatic heterocycles. The van der Waals surface area contributed by atoms with E-state index >= 15 is 0 Å². The second-order valence-corrected chi connectivity index (χ2v) is 10.4. The summed E-state index contributed by atoms with van der Waals surface area (Å²) < 4.78 is 25.4. The Balaban J connectivity index is 0.00000264. The number of hydrogen-bond donors (Lipinski definition) is 1. The lowest BCUT2D eigenvalue weighted by Gasteiger charge is -2.39. The largest absolute Gasteiger partial charge is 0.355 e. The van der Waals surface area contributed by atoms with Crippen molar-refractivity contribution in [3.63, 3.8) is 0 Å². The molecule has 1 N–H and O–H groups in total. The summed E-state index contributed by atoms with van der Waals surface area (Å²) in [4.78, 5) is 6.65. The molecule has 6 nitrogen and oxygen atoms in total. The van der Waals surface area contributed by atoms with Crippen LogP contribution in [0.4, 0.5) is 0 Å². The molecular formula is C14H29IN4O2S2. The molecule has 2 saturated heterocycles. The molecule has 136 valence electrons. The molecule has 2 rings (SSSR count). The lowest BCUT2D eigenvalue weighted by molar-refractivity contribution is 0.357. The van der Waals surface area contributed by atoms with Gasteiger partial charge in [-0.2, -0.15) is 16.1 Å². The van der Waals surface area contributed by atoms with Crippen LogP contribution in [-0.2, 0) is 10.0 Å². The number of nitrogens with zero attached hydrogens (tertiary/aromatic N) is 3. The lowest BCUT2D eigenvalue weighted by Crippen LogP contribution is -2.53. The molecule has 0 radical (unpaired) electrons. The molecule has 0 aromatic heterocycles. The first-order valence-electron chi connectivity index (χ1n) is 7.79. The molecule has 0 amide bonds. The number of sulfonamides is 1. The van der Waals surface area contributed by atoms with E-state index in [1.807, 2.05) is 11.8 Å². The minimum absolute atomic E-state index is 0. The molecule has 0 bridgehead atoms. The van der Waals surface area contributed by atoms with Gasteiger partial charge in [-0.25, -0.2) is 8.42 Å². The zero-order valence-corrected chi connectivity index (χ0v) is 18.4. The van der Waals surface area contributed by atoms with Crippen molar-refractivity contribution < 1.29 is 8.42 Å². The summed E-state index contributed by atoms with van der Waals surface area (Å²) in [7, 11) is -1.32. The van der Waals surface area contributed by atoms with Crippen LogP contribution >= 0.6 is 35.7 Å². The zero-order chi connectivity index (χ0) is 16.4. The number of hydrogen-bond acceptors (Lipinski definition) is 4. The maximum atomic E-state index is 11.8. The fourth-order valence-corrected chi connectivity index (χ4v) is 5.48. The van der Waals surface area contributed by atoms with Crippen molar-refractivity contribution in [1.82, 2.24) is 14.5 Å². The third-order valence-corrected chi connectivity index (χ3v) is 6.81. The van der Waals surface area contributed by atoms with Gasteiger partial charge in [0.1, 0.15) is 0 Å². The van der Waals surface area contributed by atoms with Crippen LogP contribution < -0.4 is 5.32 Å². The molecule has 0 spiro atoms. The summed E-state index contributed by atoms with van der Waals surface area (Å²) in [6.07, 6.45) is 3.15. The van der Waals surface area contributed by atoms with Crippen molar-refractivity contribution >= 4 is 51.7 Å². The Hall–Kier alpha value is 0.260. The number of nitrogens with one attached hydrogen (secondary N) is 1. The Morgan fingerprint density at radius 2 is 2.09 bits per heavy atom. The minimum Gasteiger partial charge on any atom is -0.355 e. The van der Waals surface area contributed by atoms with Gasteiger partial charge in [0.15, 0.2) is 5.96 Å². The van der Waals surface area contributed by atoms with Crippen LogP contribution in [0.25, 0.3) is 0 Å². The van der Waals surface area contributed by atoms with Gasteiger partial charge in [-0.15, -0.1) is 24.0 Å². The van der Waals surface area contributed by atoms with Gasteiger partial charge in [0.05, 0.1) is 6.26 Å². The topological polar surface area (TPSA) is 65.0 Å². The Morgan fingerprint density at radius 1 is 1.39 bits per heavy atom. The van der Waals surface area contributed by atoms with Crippen LogP contribution in [0, 0.1) is 0 Å². The number of rotatable bonds is 3. The molecular weight excluding hydrogens is 447 g/mol. The van der Waals surface area contributed by atoms with Crippen molar-refractivity contribution in [2.45, 2.75) is 37.5 Å². The average molecular weight is 476 g/mol. The molecule has 0 aromatic carbocycles. The van der Waals surface area contributed by atoms with Gasteiger partial charge < -0.3 is 10.2 Å². The normalized spacial score (nSPS) is 26.0. The van der Waals surface area contributed by atoms with Crippen molar-refractivity contribution in [2.75, 3.05) is 45.2 Å². The summed E-state index contributed by atoms with van der Waals surface area (Å²) in [6, 6.07) is 0.0407. The number of halogens is 1. The minimum atomic E-state index is -3.11. The van der Waals surface area contributed by atoms with Gasteiger partial charge >= 0.3 is 0 Å². The fourth-order valence-electron chi connectivity index (χ4n) is 3.19. The predicted molar refractivity (Wildman–Crippen MR) is 109 cm³/mol. The van der Waals surface area contributed by atoms with E-state index in [2.05, 4.69) is 29.1 Å². The van der Waals surface area contributed by atoms with Gasteiger partial charge in [0.2, 0.25) is 10.0 Å². The van der Waals surface area contributed by atoms with E-state index in [-0.39, 0.29) is 34.8 Å². The molecule has 2 fully saturated rings. The van der Waals surface area contributed by atoms with Gasteiger partial charge in [-0.1, -0.05) is 0 Å². The molecule has 0 unspecified atom stereocenters. The average Bonchev–Trinajstić information content (AvgIpc) is 2.87. The predicted octanol–water partition coefficient (Wildman–Crippen LogP) is 1.43. The van der Waals surface area contributed by atoms with Crippen LogP contribution in [0.3, 0.4) is 0 Å². The highest BCUT2D eigenvalue weighted by Crippen LogP contribution is 2.29. The molecule has 2 heterocycles. The van der Waals surface area contributed by atoms with Crippen LogP contribution in [0.15, 0.2) is 4.99 Å². The van der Waals surface area contributed by atoms with Crippen molar-refractivity contribution in [1.29, 1.82) is 0 Å². The highest BCUT2D eigenvalue weighted by molar-refractivity contribution is 14.0. The lowest BCUT2D eigenvalue weighted by atomic mass is 10.2. The number of aliphatic imine (C=N–C) groups is 1. The monoisotopic (exact) mass is 476 g/mol. The smallest absolute Gasteiger partial charge is 0.211 e. The van der Waals surface area contributed by atoms with Crippen LogP contribution in [-0.4, -0.2) is 79.6 Å². The zero-order valence-electron chi connectivity index (χ0n) is 14.4. The van der Waals surface area contributed by atoms with Crippen LogP contribution in [0.5, 0.6) is 0 Å². The second-order valence-electron chi connectivity index (χ2n) is 6.63.